The highest BCUT2D eigenvalue weighted by Gasteiger charge is 2.33. The van der Waals surface area contributed by atoms with Crippen LogP contribution in [-0.4, -0.2) is 31.8 Å². The van der Waals surface area contributed by atoms with Gasteiger partial charge in [-0.05, 0) is 72.5 Å². The fourth-order valence-electron chi connectivity index (χ4n) is 4.84. The number of amides is 2. The van der Waals surface area contributed by atoms with E-state index in [1.807, 2.05) is 19.9 Å². The molecular formula is C33H34Cl2N4O5S. The van der Waals surface area contributed by atoms with Crippen LogP contribution in [0.25, 0.3) is 11.3 Å². The fraction of sp³-hybridized carbons (Fsp3) is 0.242. The summed E-state index contributed by atoms with van der Waals surface area (Å²) in [7, 11) is -4.07. The number of carbonyl (C=O) groups excluding carboxylic acids is 2. The molecule has 4 aromatic rings. The van der Waals surface area contributed by atoms with Crippen LogP contribution in [0.2, 0.25) is 10.0 Å². The van der Waals surface area contributed by atoms with E-state index in [0.29, 0.717) is 34.1 Å². The Kier molecular flexibility index (Phi) is 10.1. The standard InChI is InChI=1S/C33H34Cl2N4O5S/c1-32(2,19-33(3,4)31(36)41)20-44-23-9-7-8-22(16-23)39-45(42,43)24-12-13-25(28(35)18-24)30(40)38-21-11-14-27(34)26(17-21)29-10-5-6-15-37-29/h5-18,39H,19-20H2,1-4H3,(H2,36,41)(H,38,40). The van der Waals surface area contributed by atoms with Crippen molar-refractivity contribution in [1.82, 2.24) is 4.98 Å². The normalized spacial score (nSPS) is 12.0. The molecule has 0 aliphatic carbocycles. The predicted molar refractivity (Wildman–Crippen MR) is 178 cm³/mol. The number of nitrogens with two attached hydrogens (primary N) is 1. The second kappa shape index (κ2) is 13.5. The molecule has 0 atom stereocenters. The van der Waals surface area contributed by atoms with Gasteiger partial charge in [-0.1, -0.05) is 63.0 Å². The van der Waals surface area contributed by atoms with Crippen molar-refractivity contribution < 1.29 is 22.7 Å². The summed E-state index contributed by atoms with van der Waals surface area (Å²) in [6.45, 7) is 7.78. The third-order valence-corrected chi connectivity index (χ3v) is 8.99. The first-order valence-electron chi connectivity index (χ1n) is 13.9. The number of hydrogen-bond acceptors (Lipinski definition) is 6. The predicted octanol–water partition coefficient (Wildman–Crippen LogP) is 7.42. The van der Waals surface area contributed by atoms with E-state index in [9.17, 15) is 18.0 Å². The number of nitrogens with zero attached hydrogens (tertiary/aromatic N) is 1. The molecule has 4 rings (SSSR count). The van der Waals surface area contributed by atoms with Crippen LogP contribution in [0, 0.1) is 10.8 Å². The Morgan fingerprint density at radius 2 is 1.64 bits per heavy atom. The molecule has 9 nitrogen and oxygen atoms in total. The van der Waals surface area contributed by atoms with Gasteiger partial charge in [0.15, 0.2) is 0 Å². The summed E-state index contributed by atoms with van der Waals surface area (Å²) < 4.78 is 34.9. The molecular weight excluding hydrogens is 635 g/mol. The van der Waals surface area contributed by atoms with E-state index in [0.717, 1.165) is 0 Å². The molecule has 12 heteroatoms. The summed E-state index contributed by atoms with van der Waals surface area (Å²) in [5, 5.41) is 3.19. The summed E-state index contributed by atoms with van der Waals surface area (Å²) in [6.07, 6.45) is 2.14. The van der Waals surface area contributed by atoms with Gasteiger partial charge in [-0.2, -0.15) is 0 Å². The van der Waals surface area contributed by atoms with Crippen LogP contribution in [0.3, 0.4) is 0 Å². The zero-order chi connectivity index (χ0) is 33.0. The van der Waals surface area contributed by atoms with Crippen molar-refractivity contribution >= 4 is 56.4 Å². The Morgan fingerprint density at radius 1 is 0.889 bits per heavy atom. The van der Waals surface area contributed by atoms with Gasteiger partial charge in [-0.25, -0.2) is 8.42 Å². The Labute approximate surface area is 273 Å². The zero-order valence-corrected chi connectivity index (χ0v) is 27.6. The molecule has 3 aromatic carbocycles. The highest BCUT2D eigenvalue weighted by Crippen LogP contribution is 2.35. The number of pyridine rings is 1. The minimum atomic E-state index is -4.07. The van der Waals surface area contributed by atoms with Gasteiger partial charge in [0.1, 0.15) is 5.75 Å². The number of anilines is 2. The Morgan fingerprint density at radius 3 is 2.31 bits per heavy atom. The molecule has 0 aliphatic rings. The third-order valence-electron chi connectivity index (χ3n) is 6.96. The largest absolute Gasteiger partial charge is 0.493 e. The van der Waals surface area contributed by atoms with Gasteiger partial charge in [0.05, 0.1) is 38.5 Å². The summed E-state index contributed by atoms with van der Waals surface area (Å²) in [4.78, 5) is 29.0. The maximum absolute atomic E-state index is 13.2. The molecule has 0 radical (unpaired) electrons. The van der Waals surface area contributed by atoms with Crippen molar-refractivity contribution in [3.63, 3.8) is 0 Å². The van der Waals surface area contributed by atoms with Crippen LogP contribution in [0.5, 0.6) is 5.75 Å². The van der Waals surface area contributed by atoms with E-state index in [-0.39, 0.29) is 33.2 Å². The van der Waals surface area contributed by atoms with E-state index >= 15 is 0 Å². The number of aromatic nitrogens is 1. The summed E-state index contributed by atoms with van der Waals surface area (Å²) in [5.74, 6) is -0.478. The number of ether oxygens (including phenoxy) is 1. The molecule has 236 valence electrons. The third kappa shape index (κ3) is 8.75. The average Bonchev–Trinajstić information content (AvgIpc) is 2.97. The average molecular weight is 670 g/mol. The van der Waals surface area contributed by atoms with Crippen molar-refractivity contribution in [2.45, 2.75) is 39.0 Å². The van der Waals surface area contributed by atoms with Crippen molar-refractivity contribution in [3.8, 4) is 17.0 Å². The Hall–Kier alpha value is -4.12. The van der Waals surface area contributed by atoms with Gasteiger partial charge in [0.2, 0.25) is 5.91 Å². The monoisotopic (exact) mass is 668 g/mol. The summed E-state index contributed by atoms with van der Waals surface area (Å²) in [6, 6.07) is 20.8. The molecule has 1 heterocycles. The van der Waals surface area contributed by atoms with Gasteiger partial charge in [-0.3, -0.25) is 19.3 Å². The number of sulfonamides is 1. The van der Waals surface area contributed by atoms with Crippen molar-refractivity contribution in [2.75, 3.05) is 16.6 Å². The van der Waals surface area contributed by atoms with Gasteiger partial charge in [-0.15, -0.1) is 0 Å². The highest BCUT2D eigenvalue weighted by molar-refractivity contribution is 7.92. The molecule has 0 bridgehead atoms. The number of halogens is 2. The van der Waals surface area contributed by atoms with Gasteiger partial charge in [0.25, 0.3) is 15.9 Å². The van der Waals surface area contributed by atoms with Crippen LogP contribution < -0.4 is 20.5 Å². The second-order valence-corrected chi connectivity index (χ2v) is 14.5. The molecule has 0 aliphatic heterocycles. The van der Waals surface area contributed by atoms with E-state index in [1.54, 1.807) is 74.6 Å². The number of hydrogen-bond donors (Lipinski definition) is 3. The van der Waals surface area contributed by atoms with Crippen LogP contribution >= 0.6 is 23.2 Å². The Bertz CT molecular complexity index is 1830. The van der Waals surface area contributed by atoms with E-state index in [1.165, 1.54) is 18.2 Å². The number of benzene rings is 3. The maximum Gasteiger partial charge on any atom is 0.261 e. The SMILES string of the molecule is CC(C)(COc1cccc(NS(=O)(=O)c2ccc(C(=O)Nc3ccc(Cl)c(-c4ccccn4)c3)c(Cl)c2)c1)CC(C)(C)C(N)=O. The maximum atomic E-state index is 13.2. The molecule has 1 aromatic heterocycles. The lowest BCUT2D eigenvalue weighted by Gasteiger charge is -2.32. The van der Waals surface area contributed by atoms with E-state index in [4.69, 9.17) is 33.7 Å². The van der Waals surface area contributed by atoms with Crippen molar-refractivity contribution in [2.24, 2.45) is 16.6 Å². The van der Waals surface area contributed by atoms with Gasteiger partial charge < -0.3 is 15.8 Å². The molecule has 0 fully saturated rings. The van der Waals surface area contributed by atoms with E-state index < -0.39 is 27.3 Å². The molecule has 2 amide bonds. The number of rotatable bonds is 12. The topological polar surface area (TPSA) is 140 Å². The molecule has 0 unspecified atom stereocenters. The van der Waals surface area contributed by atoms with Crippen LogP contribution in [0.1, 0.15) is 44.5 Å². The molecule has 0 spiro atoms. The lowest BCUT2D eigenvalue weighted by Crippen LogP contribution is -2.37. The molecule has 4 N–H and O–H groups in total. The van der Waals surface area contributed by atoms with Crippen LogP contribution in [0.15, 0.2) is 90.0 Å². The smallest absolute Gasteiger partial charge is 0.261 e. The zero-order valence-electron chi connectivity index (χ0n) is 25.2. The minimum absolute atomic E-state index is 0.0486. The first-order valence-corrected chi connectivity index (χ1v) is 16.2. The number of carbonyl (C=O) groups is 2. The fourth-order valence-corrected chi connectivity index (χ4v) is 6.46. The minimum Gasteiger partial charge on any atom is -0.493 e. The first-order chi connectivity index (χ1) is 21.1. The quantitative estimate of drug-likeness (QED) is 0.144. The van der Waals surface area contributed by atoms with Crippen LogP contribution in [-0.2, 0) is 14.8 Å². The second-order valence-electron chi connectivity index (χ2n) is 12.0. The molecule has 45 heavy (non-hydrogen) atoms. The summed E-state index contributed by atoms with van der Waals surface area (Å²) >= 11 is 12.7. The molecule has 0 saturated carbocycles. The van der Waals surface area contributed by atoms with E-state index in [2.05, 4.69) is 15.0 Å². The lowest BCUT2D eigenvalue weighted by molar-refractivity contribution is -0.127. The first kappa shape index (κ1) is 33.8. The number of primary amides is 1. The van der Waals surface area contributed by atoms with Crippen molar-refractivity contribution in [1.29, 1.82) is 0 Å². The summed E-state index contributed by atoms with van der Waals surface area (Å²) in [5.41, 5.74) is 6.53. The van der Waals surface area contributed by atoms with Gasteiger partial charge >= 0.3 is 0 Å². The Balaban J connectivity index is 1.44. The van der Waals surface area contributed by atoms with Crippen LogP contribution in [0.4, 0.5) is 11.4 Å². The highest BCUT2D eigenvalue weighted by atomic mass is 35.5. The van der Waals surface area contributed by atoms with Gasteiger partial charge in [0, 0.05) is 28.9 Å². The number of nitrogens with one attached hydrogen (secondary N) is 2. The molecule has 0 saturated heterocycles. The van der Waals surface area contributed by atoms with Crippen molar-refractivity contribution in [3.05, 3.63) is 101 Å². The lowest BCUT2D eigenvalue weighted by atomic mass is 9.75.